The number of hydrogen-bond acceptors (Lipinski definition) is 9. The minimum absolute atomic E-state index is 0.0360. The summed E-state index contributed by atoms with van der Waals surface area (Å²) < 4.78 is 38.6. The number of Topliss-reactive ketones (excluding diaryl/α,β-unsaturated/α-hetero) is 1. The van der Waals surface area contributed by atoms with Gasteiger partial charge in [-0.2, -0.15) is 13.2 Å². The number of amides is 5. The summed E-state index contributed by atoms with van der Waals surface area (Å²) in [6, 6.07) is -1.69. The number of halogens is 3. The van der Waals surface area contributed by atoms with Crippen LogP contribution in [0, 0.1) is 5.92 Å². The van der Waals surface area contributed by atoms with E-state index in [9.17, 15) is 52.2 Å². The molecule has 0 fully saturated rings. The Kier molecular flexibility index (Phi) is 16.1. The molecule has 0 aliphatic carbocycles. The van der Waals surface area contributed by atoms with Gasteiger partial charge in [-0.15, -0.1) is 0 Å². The third-order valence-electron chi connectivity index (χ3n) is 6.74. The summed E-state index contributed by atoms with van der Waals surface area (Å²) in [5, 5.41) is 30.8. The van der Waals surface area contributed by atoms with Gasteiger partial charge in [0, 0.05) is 13.3 Å². The molecular formula is C29H43F3N6O8. The van der Waals surface area contributed by atoms with Gasteiger partial charge in [-0.25, -0.2) is 0 Å². The number of phenols is 1. The first-order valence-electron chi connectivity index (χ1n) is 14.6. The van der Waals surface area contributed by atoms with Crippen LogP contribution < -0.4 is 32.3 Å². The molecule has 5 amide bonds. The summed E-state index contributed by atoms with van der Waals surface area (Å²) in [5.74, 6) is -7.13. The molecule has 0 heterocycles. The molecule has 17 heteroatoms. The van der Waals surface area contributed by atoms with Crippen molar-refractivity contribution in [1.82, 2.24) is 26.6 Å². The van der Waals surface area contributed by atoms with E-state index in [0.29, 0.717) is 18.4 Å². The third kappa shape index (κ3) is 13.4. The van der Waals surface area contributed by atoms with Crippen molar-refractivity contribution < 1.29 is 52.2 Å². The van der Waals surface area contributed by atoms with Crippen molar-refractivity contribution in [2.24, 2.45) is 11.7 Å². The lowest BCUT2D eigenvalue weighted by Crippen LogP contribution is -2.60. The fraction of sp³-hybridized carbons (Fsp3) is 0.586. The van der Waals surface area contributed by atoms with Crippen molar-refractivity contribution in [3.05, 3.63) is 29.8 Å². The van der Waals surface area contributed by atoms with Crippen molar-refractivity contribution in [2.75, 3.05) is 13.2 Å². The van der Waals surface area contributed by atoms with Gasteiger partial charge >= 0.3 is 6.18 Å². The molecule has 5 atom stereocenters. The van der Waals surface area contributed by atoms with E-state index in [0.717, 1.165) is 13.8 Å². The molecule has 258 valence electrons. The SMILES string of the molecule is CC(=O)N[C@@H](CO)C(=O)NC(Cc1ccc(O)cc1)C(=O)NC(C(=O)NC(CCCCN)C(=O)NC(C)C(=O)C(F)(F)F)C(C)C. The fourth-order valence-electron chi connectivity index (χ4n) is 4.23. The summed E-state index contributed by atoms with van der Waals surface area (Å²) in [5.41, 5.74) is 5.99. The van der Waals surface area contributed by atoms with Crippen LogP contribution in [0.2, 0.25) is 0 Å². The Hall–Kier alpha value is -4.25. The molecular weight excluding hydrogens is 617 g/mol. The number of alkyl halides is 3. The average Bonchev–Trinajstić information content (AvgIpc) is 2.97. The van der Waals surface area contributed by atoms with Crippen LogP contribution in [-0.4, -0.2) is 95.1 Å². The number of carbonyl (C=O) groups is 6. The zero-order chi connectivity index (χ0) is 35.2. The summed E-state index contributed by atoms with van der Waals surface area (Å²) in [6.45, 7) is 4.59. The van der Waals surface area contributed by atoms with E-state index < -0.39 is 84.2 Å². The third-order valence-corrected chi connectivity index (χ3v) is 6.74. The quantitative estimate of drug-likeness (QED) is 0.0931. The van der Waals surface area contributed by atoms with Crippen LogP contribution in [0.5, 0.6) is 5.75 Å². The first kappa shape index (κ1) is 39.8. The first-order valence-corrected chi connectivity index (χ1v) is 14.6. The standard InChI is InChI=1S/C29H43F3N6O8/c1-15(2)23(28(46)36-20(7-5-6-12-33)25(43)34-16(3)24(42)29(30,31)32)38-26(44)21(13-18-8-10-19(41)11-9-18)37-27(45)22(14-39)35-17(4)40/h8-11,15-16,20-23,39,41H,5-7,12-14,33H2,1-4H3,(H,34,43)(H,35,40)(H,36,46)(H,37,45)(H,38,44)/t16?,20?,21?,22-,23?/m0/s1. The smallest absolute Gasteiger partial charge is 0.452 e. The Balaban J connectivity index is 3.23. The normalized spacial score (nSPS) is 14.7. The number of ketones is 1. The monoisotopic (exact) mass is 660 g/mol. The predicted molar refractivity (Wildman–Crippen MR) is 159 cm³/mol. The highest BCUT2D eigenvalue weighted by molar-refractivity contribution is 5.97. The van der Waals surface area contributed by atoms with Crippen LogP contribution in [0.3, 0.4) is 0 Å². The van der Waals surface area contributed by atoms with Gasteiger partial charge in [0.05, 0.1) is 12.6 Å². The summed E-state index contributed by atoms with van der Waals surface area (Å²) in [7, 11) is 0. The maximum Gasteiger partial charge on any atom is 0.452 e. The van der Waals surface area contributed by atoms with Crippen molar-refractivity contribution in [3.63, 3.8) is 0 Å². The van der Waals surface area contributed by atoms with Crippen LogP contribution in [0.1, 0.15) is 52.5 Å². The number of aromatic hydroxyl groups is 1. The van der Waals surface area contributed by atoms with E-state index in [1.165, 1.54) is 24.3 Å². The molecule has 1 aromatic rings. The molecule has 9 N–H and O–H groups in total. The van der Waals surface area contributed by atoms with E-state index in [1.807, 2.05) is 5.32 Å². The highest BCUT2D eigenvalue weighted by atomic mass is 19.4. The molecule has 1 aromatic carbocycles. The van der Waals surface area contributed by atoms with Gasteiger partial charge < -0.3 is 42.5 Å². The largest absolute Gasteiger partial charge is 0.508 e. The van der Waals surface area contributed by atoms with Gasteiger partial charge in [-0.3, -0.25) is 28.8 Å². The van der Waals surface area contributed by atoms with Crippen molar-refractivity contribution in [1.29, 1.82) is 0 Å². The molecule has 14 nitrogen and oxygen atoms in total. The Morgan fingerprint density at radius 2 is 1.33 bits per heavy atom. The number of nitrogens with two attached hydrogens (primary N) is 1. The van der Waals surface area contributed by atoms with Gasteiger partial charge in [-0.05, 0) is 56.3 Å². The predicted octanol–water partition coefficient (Wildman–Crippen LogP) is -0.693. The van der Waals surface area contributed by atoms with E-state index in [4.69, 9.17) is 5.73 Å². The zero-order valence-electron chi connectivity index (χ0n) is 26.1. The number of phenolic OH excluding ortho intramolecular Hbond substituents is 1. The topological polar surface area (TPSA) is 229 Å². The number of hydrogen-bond donors (Lipinski definition) is 8. The number of carbonyl (C=O) groups excluding carboxylic acids is 6. The molecule has 0 aliphatic rings. The molecule has 0 saturated carbocycles. The van der Waals surface area contributed by atoms with Gasteiger partial charge in [0.25, 0.3) is 5.78 Å². The highest BCUT2D eigenvalue weighted by Crippen LogP contribution is 2.18. The lowest BCUT2D eigenvalue weighted by molar-refractivity contribution is -0.173. The molecule has 1 rings (SSSR count). The average molecular weight is 661 g/mol. The molecule has 0 saturated heterocycles. The fourth-order valence-corrected chi connectivity index (χ4v) is 4.23. The van der Waals surface area contributed by atoms with Gasteiger partial charge in [0.1, 0.15) is 29.9 Å². The second-order valence-electron chi connectivity index (χ2n) is 11.0. The Morgan fingerprint density at radius 3 is 1.83 bits per heavy atom. The van der Waals surface area contributed by atoms with Crippen LogP contribution in [0.25, 0.3) is 0 Å². The van der Waals surface area contributed by atoms with Gasteiger partial charge in [0.2, 0.25) is 29.5 Å². The molecule has 0 aliphatic heterocycles. The van der Waals surface area contributed by atoms with E-state index in [2.05, 4.69) is 21.3 Å². The Bertz CT molecular complexity index is 1210. The molecule has 4 unspecified atom stereocenters. The lowest BCUT2D eigenvalue weighted by Gasteiger charge is -2.28. The number of aliphatic hydroxyl groups excluding tert-OH is 1. The zero-order valence-corrected chi connectivity index (χ0v) is 26.1. The number of unbranched alkanes of at least 4 members (excludes halogenated alkanes) is 1. The van der Waals surface area contributed by atoms with Gasteiger partial charge in [0.15, 0.2) is 0 Å². The summed E-state index contributed by atoms with van der Waals surface area (Å²) in [6.07, 6.45) is -4.64. The number of benzene rings is 1. The lowest BCUT2D eigenvalue weighted by atomic mass is 9.99. The van der Waals surface area contributed by atoms with Crippen molar-refractivity contribution in [3.8, 4) is 5.75 Å². The van der Waals surface area contributed by atoms with Crippen LogP contribution in [0.15, 0.2) is 24.3 Å². The van der Waals surface area contributed by atoms with E-state index in [1.54, 1.807) is 13.8 Å². The maximum atomic E-state index is 13.5. The van der Waals surface area contributed by atoms with Gasteiger partial charge in [-0.1, -0.05) is 26.0 Å². The second kappa shape index (κ2) is 18.7. The second-order valence-corrected chi connectivity index (χ2v) is 11.0. The molecule has 0 bridgehead atoms. The van der Waals surface area contributed by atoms with Crippen LogP contribution in [0.4, 0.5) is 13.2 Å². The number of rotatable bonds is 18. The number of aliphatic hydroxyl groups is 1. The maximum absolute atomic E-state index is 13.5. The molecule has 0 spiro atoms. The van der Waals surface area contributed by atoms with Crippen LogP contribution >= 0.6 is 0 Å². The minimum atomic E-state index is -5.19. The molecule has 0 radical (unpaired) electrons. The molecule has 0 aromatic heterocycles. The Morgan fingerprint density at radius 1 is 0.783 bits per heavy atom. The summed E-state index contributed by atoms with van der Waals surface area (Å²) >= 11 is 0. The number of nitrogens with one attached hydrogen (secondary N) is 5. The van der Waals surface area contributed by atoms with E-state index in [-0.39, 0.29) is 25.1 Å². The Labute approximate surface area is 264 Å². The van der Waals surface area contributed by atoms with Crippen molar-refractivity contribution >= 4 is 35.3 Å². The minimum Gasteiger partial charge on any atom is -0.508 e. The first-order chi connectivity index (χ1) is 21.4. The van der Waals surface area contributed by atoms with E-state index >= 15 is 0 Å². The summed E-state index contributed by atoms with van der Waals surface area (Å²) in [4.78, 5) is 75.6. The molecule has 46 heavy (non-hydrogen) atoms. The highest BCUT2D eigenvalue weighted by Gasteiger charge is 2.42. The van der Waals surface area contributed by atoms with Crippen LogP contribution in [-0.2, 0) is 35.2 Å². The van der Waals surface area contributed by atoms with Crippen molar-refractivity contribution in [2.45, 2.75) is 89.8 Å².